The Kier molecular flexibility index (Phi) is 4.33. The van der Waals surface area contributed by atoms with Gasteiger partial charge in [0, 0.05) is 25.2 Å². The molecule has 7 heteroatoms. The van der Waals surface area contributed by atoms with Crippen LogP contribution in [0.1, 0.15) is 37.7 Å². The summed E-state index contributed by atoms with van der Waals surface area (Å²) in [5.74, 6) is 1.27. The Labute approximate surface area is 126 Å². The molecule has 2 aliphatic rings. The molecule has 3 rings (SSSR count). The molecule has 1 aliphatic carbocycles. The van der Waals surface area contributed by atoms with Gasteiger partial charge in [-0.15, -0.1) is 0 Å². The van der Waals surface area contributed by atoms with Gasteiger partial charge in [-0.05, 0) is 31.7 Å². The first-order chi connectivity index (χ1) is 10.1. The highest BCUT2D eigenvalue weighted by Gasteiger charge is 2.37. The summed E-state index contributed by atoms with van der Waals surface area (Å²) < 4.78 is 27.3. The number of fused-ring (bicyclic) bond motifs is 1. The fourth-order valence-electron chi connectivity index (χ4n) is 3.75. The summed E-state index contributed by atoms with van der Waals surface area (Å²) in [5, 5.41) is 9.84. The van der Waals surface area contributed by atoms with Gasteiger partial charge in [0.05, 0.1) is 6.20 Å². The van der Waals surface area contributed by atoms with Gasteiger partial charge in [0.15, 0.2) is 5.03 Å². The molecule has 1 aromatic rings. The molecule has 2 N–H and O–H groups in total. The van der Waals surface area contributed by atoms with Crippen LogP contribution in [0.5, 0.6) is 0 Å². The molecule has 0 bridgehead atoms. The van der Waals surface area contributed by atoms with Gasteiger partial charge < -0.3 is 5.32 Å². The predicted octanol–water partition coefficient (Wildman–Crippen LogP) is 1.33. The molecule has 0 radical (unpaired) electrons. The van der Waals surface area contributed by atoms with Crippen molar-refractivity contribution in [1.29, 1.82) is 0 Å². The van der Waals surface area contributed by atoms with Crippen LogP contribution in [-0.4, -0.2) is 43.1 Å². The summed E-state index contributed by atoms with van der Waals surface area (Å²) in [6.07, 6.45) is 7.58. The number of hydrogen-bond acceptors (Lipinski definition) is 4. The Morgan fingerprint density at radius 3 is 2.86 bits per heavy atom. The van der Waals surface area contributed by atoms with Crippen LogP contribution in [0.15, 0.2) is 11.2 Å². The van der Waals surface area contributed by atoms with Gasteiger partial charge in [-0.1, -0.05) is 19.3 Å². The lowest BCUT2D eigenvalue weighted by Crippen LogP contribution is -2.45. The van der Waals surface area contributed by atoms with Crippen molar-refractivity contribution < 1.29 is 8.42 Å². The Hall–Kier alpha value is -0.920. The number of rotatable bonds is 4. The van der Waals surface area contributed by atoms with Crippen LogP contribution < -0.4 is 5.32 Å². The number of hydrogen-bond donors (Lipinski definition) is 2. The molecule has 118 valence electrons. The second-order valence-electron chi connectivity index (χ2n) is 6.21. The Morgan fingerprint density at radius 1 is 1.33 bits per heavy atom. The van der Waals surface area contributed by atoms with E-state index in [1.807, 2.05) is 0 Å². The van der Waals surface area contributed by atoms with Crippen molar-refractivity contribution in [2.75, 3.05) is 20.1 Å². The maximum absolute atomic E-state index is 12.8. The third kappa shape index (κ3) is 2.86. The summed E-state index contributed by atoms with van der Waals surface area (Å²) in [6, 6.07) is 0. The van der Waals surface area contributed by atoms with E-state index in [1.165, 1.54) is 25.7 Å². The first kappa shape index (κ1) is 15.0. The van der Waals surface area contributed by atoms with E-state index < -0.39 is 10.0 Å². The van der Waals surface area contributed by atoms with Crippen LogP contribution >= 0.6 is 0 Å². The van der Waals surface area contributed by atoms with Crippen LogP contribution in [0.4, 0.5) is 0 Å². The predicted molar refractivity (Wildman–Crippen MR) is 80.2 cm³/mol. The molecule has 2 atom stereocenters. The normalized spacial score (nSPS) is 27.5. The molecular formula is C14H24N4O2S. The summed E-state index contributed by atoms with van der Waals surface area (Å²) in [7, 11) is -1.64. The number of nitrogens with zero attached hydrogens (tertiary/aromatic N) is 2. The fraction of sp³-hybridized carbons (Fsp3) is 0.786. The Balaban J connectivity index is 1.80. The number of nitrogens with one attached hydrogen (secondary N) is 2. The van der Waals surface area contributed by atoms with Gasteiger partial charge in [-0.2, -0.15) is 9.40 Å². The van der Waals surface area contributed by atoms with E-state index in [-0.39, 0.29) is 5.03 Å². The summed E-state index contributed by atoms with van der Waals surface area (Å²) >= 11 is 0. The van der Waals surface area contributed by atoms with E-state index in [4.69, 9.17) is 0 Å². The molecule has 1 saturated heterocycles. The van der Waals surface area contributed by atoms with E-state index in [0.717, 1.165) is 12.3 Å². The number of aromatic amines is 1. The van der Waals surface area contributed by atoms with Crippen molar-refractivity contribution in [1.82, 2.24) is 19.8 Å². The van der Waals surface area contributed by atoms with Crippen molar-refractivity contribution >= 4 is 10.0 Å². The number of piperidine rings is 1. The van der Waals surface area contributed by atoms with E-state index in [0.29, 0.717) is 31.1 Å². The monoisotopic (exact) mass is 312 g/mol. The zero-order valence-electron chi connectivity index (χ0n) is 12.5. The lowest BCUT2D eigenvalue weighted by atomic mass is 9.76. The standard InChI is InChI=1S/C14H24N4O2S/c1-15-8-13-9-16-17-14(13)21(19,20)18-7-6-11-4-2-3-5-12(11)10-18/h9,11-12,15H,2-8,10H2,1H3,(H,16,17). The number of H-pyrrole nitrogens is 1. The van der Waals surface area contributed by atoms with Crippen LogP contribution in [0.3, 0.4) is 0 Å². The van der Waals surface area contributed by atoms with Gasteiger partial charge in [0.2, 0.25) is 0 Å². The minimum Gasteiger partial charge on any atom is -0.316 e. The Morgan fingerprint density at radius 2 is 2.10 bits per heavy atom. The van der Waals surface area contributed by atoms with E-state index in [2.05, 4.69) is 15.5 Å². The molecule has 2 heterocycles. The maximum atomic E-state index is 12.8. The van der Waals surface area contributed by atoms with Crippen LogP contribution in [0.25, 0.3) is 0 Å². The molecule has 0 aromatic carbocycles. The molecule has 6 nitrogen and oxygen atoms in total. The molecule has 21 heavy (non-hydrogen) atoms. The van der Waals surface area contributed by atoms with Gasteiger partial charge in [-0.3, -0.25) is 5.10 Å². The third-order valence-corrected chi connectivity index (χ3v) is 6.78. The Bertz CT molecular complexity index is 584. The SMILES string of the molecule is CNCc1cn[nH]c1S(=O)(=O)N1CCC2CCCCC2C1. The second-order valence-corrected chi connectivity index (χ2v) is 8.09. The summed E-state index contributed by atoms with van der Waals surface area (Å²) in [4.78, 5) is 0. The van der Waals surface area contributed by atoms with Gasteiger partial charge in [0.25, 0.3) is 10.0 Å². The molecular weight excluding hydrogens is 288 g/mol. The number of aromatic nitrogens is 2. The molecule has 0 spiro atoms. The maximum Gasteiger partial charge on any atom is 0.260 e. The van der Waals surface area contributed by atoms with E-state index in [9.17, 15) is 8.42 Å². The molecule has 2 fully saturated rings. The fourth-order valence-corrected chi connectivity index (χ4v) is 5.37. The van der Waals surface area contributed by atoms with Crippen molar-refractivity contribution in [3.05, 3.63) is 11.8 Å². The average molecular weight is 312 g/mol. The lowest BCUT2D eigenvalue weighted by Gasteiger charge is -2.40. The van der Waals surface area contributed by atoms with Crippen molar-refractivity contribution in [3.8, 4) is 0 Å². The van der Waals surface area contributed by atoms with Crippen LogP contribution in [0, 0.1) is 11.8 Å². The summed E-state index contributed by atoms with van der Waals surface area (Å²) in [6.45, 7) is 1.82. The van der Waals surface area contributed by atoms with Crippen LogP contribution in [-0.2, 0) is 16.6 Å². The third-order valence-electron chi connectivity index (χ3n) is 4.90. The van der Waals surface area contributed by atoms with E-state index >= 15 is 0 Å². The first-order valence-corrected chi connectivity index (χ1v) is 9.24. The van der Waals surface area contributed by atoms with Crippen molar-refractivity contribution in [2.45, 2.75) is 43.7 Å². The van der Waals surface area contributed by atoms with Gasteiger partial charge in [0.1, 0.15) is 0 Å². The minimum absolute atomic E-state index is 0.256. The molecule has 2 unspecified atom stereocenters. The van der Waals surface area contributed by atoms with E-state index in [1.54, 1.807) is 17.5 Å². The topological polar surface area (TPSA) is 78.1 Å². The quantitative estimate of drug-likeness (QED) is 0.879. The second kappa shape index (κ2) is 6.06. The minimum atomic E-state index is -3.45. The number of sulfonamides is 1. The first-order valence-electron chi connectivity index (χ1n) is 7.80. The van der Waals surface area contributed by atoms with Crippen molar-refractivity contribution in [2.24, 2.45) is 11.8 Å². The van der Waals surface area contributed by atoms with Gasteiger partial charge in [-0.25, -0.2) is 8.42 Å². The largest absolute Gasteiger partial charge is 0.316 e. The zero-order valence-corrected chi connectivity index (χ0v) is 13.3. The molecule has 1 aliphatic heterocycles. The highest BCUT2D eigenvalue weighted by Crippen LogP contribution is 2.37. The zero-order chi connectivity index (χ0) is 14.9. The molecule has 1 saturated carbocycles. The lowest BCUT2D eigenvalue weighted by molar-refractivity contribution is 0.136. The van der Waals surface area contributed by atoms with Crippen molar-refractivity contribution in [3.63, 3.8) is 0 Å². The smallest absolute Gasteiger partial charge is 0.260 e. The highest BCUT2D eigenvalue weighted by atomic mass is 32.2. The van der Waals surface area contributed by atoms with Crippen LogP contribution in [0.2, 0.25) is 0 Å². The molecule has 0 amide bonds. The molecule has 1 aromatic heterocycles. The van der Waals surface area contributed by atoms with Gasteiger partial charge >= 0.3 is 0 Å². The summed E-state index contributed by atoms with van der Waals surface area (Å²) in [5.41, 5.74) is 0.711. The average Bonchev–Trinajstić information content (AvgIpc) is 2.96. The highest BCUT2D eigenvalue weighted by molar-refractivity contribution is 7.89.